The largest absolute Gasteiger partial charge is 0.481 e. The Labute approximate surface area is 144 Å². The third-order valence-electron chi connectivity index (χ3n) is 3.26. The van der Waals surface area contributed by atoms with Crippen LogP contribution in [0.4, 0.5) is 8.78 Å². The molecule has 0 heterocycles. The number of hydrogen-bond acceptors (Lipinski definition) is 3. The maximum atomic E-state index is 13.4. The van der Waals surface area contributed by atoms with E-state index in [2.05, 4.69) is 5.32 Å². The molecular formula is C18H19F2NO2S. The van der Waals surface area contributed by atoms with E-state index in [1.165, 1.54) is 30.3 Å². The number of rotatable bonds is 8. The van der Waals surface area contributed by atoms with Gasteiger partial charge in [-0.05, 0) is 42.8 Å². The van der Waals surface area contributed by atoms with E-state index in [0.717, 1.165) is 0 Å². The summed E-state index contributed by atoms with van der Waals surface area (Å²) in [6.45, 7) is 2.10. The Bertz CT molecular complexity index is 664. The molecule has 0 aliphatic carbocycles. The van der Waals surface area contributed by atoms with Gasteiger partial charge in [0, 0.05) is 18.1 Å². The first-order valence-electron chi connectivity index (χ1n) is 7.57. The predicted octanol–water partition coefficient (Wildman–Crippen LogP) is 3.78. The number of carbonyl (C=O) groups is 1. The topological polar surface area (TPSA) is 38.3 Å². The van der Waals surface area contributed by atoms with Crippen LogP contribution in [0.1, 0.15) is 12.5 Å². The molecule has 1 atom stereocenters. The average Bonchev–Trinajstić information content (AvgIpc) is 2.58. The van der Waals surface area contributed by atoms with Crippen molar-refractivity contribution in [1.29, 1.82) is 0 Å². The molecule has 0 fully saturated rings. The van der Waals surface area contributed by atoms with Gasteiger partial charge in [-0.2, -0.15) is 11.8 Å². The van der Waals surface area contributed by atoms with Gasteiger partial charge in [-0.1, -0.05) is 18.2 Å². The number of hydrogen-bond donors (Lipinski definition) is 1. The summed E-state index contributed by atoms with van der Waals surface area (Å²) in [7, 11) is 0. The quantitative estimate of drug-likeness (QED) is 0.736. The predicted molar refractivity (Wildman–Crippen MR) is 92.1 cm³/mol. The molecule has 128 valence electrons. The molecule has 0 bridgehead atoms. The molecular weight excluding hydrogens is 332 g/mol. The number of nitrogens with one attached hydrogen (secondary N) is 1. The zero-order valence-corrected chi connectivity index (χ0v) is 14.1. The maximum absolute atomic E-state index is 13.4. The fraction of sp³-hybridized carbons (Fsp3) is 0.278. The fourth-order valence-electron chi connectivity index (χ4n) is 1.96. The summed E-state index contributed by atoms with van der Waals surface area (Å²) in [4.78, 5) is 11.9. The van der Waals surface area contributed by atoms with Crippen molar-refractivity contribution in [1.82, 2.24) is 5.32 Å². The molecule has 1 amide bonds. The summed E-state index contributed by atoms with van der Waals surface area (Å²) >= 11 is 1.54. The molecule has 24 heavy (non-hydrogen) atoms. The van der Waals surface area contributed by atoms with Gasteiger partial charge in [0.25, 0.3) is 5.91 Å². The van der Waals surface area contributed by atoms with Crippen LogP contribution < -0.4 is 10.1 Å². The van der Waals surface area contributed by atoms with E-state index in [9.17, 15) is 13.6 Å². The lowest BCUT2D eigenvalue weighted by atomic mass is 10.2. The van der Waals surface area contributed by atoms with Gasteiger partial charge >= 0.3 is 0 Å². The minimum absolute atomic E-state index is 0.213. The van der Waals surface area contributed by atoms with Gasteiger partial charge in [-0.25, -0.2) is 8.78 Å². The average molecular weight is 351 g/mol. The third-order valence-corrected chi connectivity index (χ3v) is 4.26. The van der Waals surface area contributed by atoms with Crippen molar-refractivity contribution in [2.75, 3.05) is 12.3 Å². The van der Waals surface area contributed by atoms with Crippen molar-refractivity contribution in [3.63, 3.8) is 0 Å². The molecule has 0 aliphatic heterocycles. The first kappa shape index (κ1) is 18.3. The first-order valence-corrected chi connectivity index (χ1v) is 8.73. The second-order valence-corrected chi connectivity index (χ2v) is 6.25. The lowest BCUT2D eigenvalue weighted by molar-refractivity contribution is -0.127. The van der Waals surface area contributed by atoms with Gasteiger partial charge in [-0.3, -0.25) is 4.79 Å². The van der Waals surface area contributed by atoms with Crippen LogP contribution in [0.25, 0.3) is 0 Å². The molecule has 6 heteroatoms. The summed E-state index contributed by atoms with van der Waals surface area (Å²) in [5, 5.41) is 2.76. The van der Waals surface area contributed by atoms with Gasteiger partial charge in [0.1, 0.15) is 17.4 Å². The second kappa shape index (κ2) is 9.27. The monoisotopic (exact) mass is 351 g/mol. The SMILES string of the molecule is C[C@H](Oc1ccc(F)cc1)C(=O)NCCSCc1ccccc1F. The molecule has 1 N–H and O–H groups in total. The van der Waals surface area contributed by atoms with Gasteiger partial charge in [0.05, 0.1) is 0 Å². The van der Waals surface area contributed by atoms with E-state index >= 15 is 0 Å². The number of thioether (sulfide) groups is 1. The summed E-state index contributed by atoms with van der Waals surface area (Å²) in [6, 6.07) is 12.2. The lowest BCUT2D eigenvalue weighted by Gasteiger charge is -2.14. The number of halogens is 2. The van der Waals surface area contributed by atoms with Gasteiger partial charge in [0.15, 0.2) is 6.10 Å². The summed E-state index contributed by atoms with van der Waals surface area (Å²) in [5.74, 6) is 0.855. The van der Waals surface area contributed by atoms with Crippen LogP contribution in [0, 0.1) is 11.6 Å². The van der Waals surface area contributed by atoms with Crippen LogP contribution in [-0.2, 0) is 10.5 Å². The zero-order valence-electron chi connectivity index (χ0n) is 13.3. The second-order valence-electron chi connectivity index (χ2n) is 5.15. The van der Waals surface area contributed by atoms with Crippen LogP contribution in [0.15, 0.2) is 48.5 Å². The molecule has 0 aliphatic rings. The van der Waals surface area contributed by atoms with Crippen molar-refractivity contribution >= 4 is 17.7 Å². The Morgan fingerprint density at radius 2 is 1.88 bits per heavy atom. The van der Waals surface area contributed by atoms with Crippen molar-refractivity contribution in [2.45, 2.75) is 18.8 Å². The van der Waals surface area contributed by atoms with E-state index < -0.39 is 6.10 Å². The highest BCUT2D eigenvalue weighted by Gasteiger charge is 2.14. The summed E-state index contributed by atoms with van der Waals surface area (Å²) in [6.07, 6.45) is -0.674. The number of amides is 1. The number of benzene rings is 2. The van der Waals surface area contributed by atoms with Gasteiger partial charge in [0.2, 0.25) is 0 Å². The van der Waals surface area contributed by atoms with Crippen molar-refractivity contribution in [3.8, 4) is 5.75 Å². The standard InChI is InChI=1S/C18H19F2NO2S/c1-13(23-16-8-6-15(19)7-9-16)18(22)21-10-11-24-12-14-4-2-3-5-17(14)20/h2-9,13H,10-12H2,1H3,(H,21,22)/t13-/m0/s1. The highest BCUT2D eigenvalue weighted by Crippen LogP contribution is 2.15. The molecule has 2 rings (SSSR count). The first-order chi connectivity index (χ1) is 11.6. The third kappa shape index (κ3) is 5.85. The molecule has 0 saturated carbocycles. The van der Waals surface area contributed by atoms with Gasteiger partial charge in [-0.15, -0.1) is 0 Å². The Morgan fingerprint density at radius 1 is 1.17 bits per heavy atom. The zero-order chi connectivity index (χ0) is 17.4. The Morgan fingerprint density at radius 3 is 2.58 bits per heavy atom. The number of carbonyl (C=O) groups excluding carboxylic acids is 1. The molecule has 0 saturated heterocycles. The molecule has 2 aromatic rings. The van der Waals surface area contributed by atoms with E-state index in [-0.39, 0.29) is 17.5 Å². The molecule has 2 aromatic carbocycles. The van der Waals surface area contributed by atoms with Gasteiger partial charge < -0.3 is 10.1 Å². The minimum Gasteiger partial charge on any atom is -0.481 e. The van der Waals surface area contributed by atoms with Crippen LogP contribution in [-0.4, -0.2) is 24.3 Å². The van der Waals surface area contributed by atoms with E-state index in [1.807, 2.05) is 0 Å². The van der Waals surface area contributed by atoms with E-state index in [1.54, 1.807) is 36.9 Å². The van der Waals surface area contributed by atoms with Crippen LogP contribution in [0.3, 0.4) is 0 Å². The van der Waals surface area contributed by atoms with Crippen LogP contribution in [0.5, 0.6) is 5.75 Å². The fourth-order valence-corrected chi connectivity index (χ4v) is 2.80. The van der Waals surface area contributed by atoms with E-state index in [4.69, 9.17) is 4.74 Å². The van der Waals surface area contributed by atoms with Crippen molar-refractivity contribution in [3.05, 3.63) is 65.7 Å². The van der Waals surface area contributed by atoms with E-state index in [0.29, 0.717) is 29.4 Å². The normalized spacial score (nSPS) is 11.8. The Balaban J connectivity index is 1.65. The van der Waals surface area contributed by atoms with Crippen molar-refractivity contribution < 1.29 is 18.3 Å². The van der Waals surface area contributed by atoms with Crippen molar-refractivity contribution in [2.24, 2.45) is 0 Å². The van der Waals surface area contributed by atoms with Crippen LogP contribution >= 0.6 is 11.8 Å². The highest BCUT2D eigenvalue weighted by molar-refractivity contribution is 7.98. The molecule has 0 radical (unpaired) electrons. The van der Waals surface area contributed by atoms with Crippen LogP contribution in [0.2, 0.25) is 0 Å². The maximum Gasteiger partial charge on any atom is 0.260 e. The molecule has 3 nitrogen and oxygen atoms in total. The lowest BCUT2D eigenvalue weighted by Crippen LogP contribution is -2.37. The Hall–Kier alpha value is -2.08. The molecule has 0 aromatic heterocycles. The molecule has 0 unspecified atom stereocenters. The molecule has 0 spiro atoms. The summed E-state index contributed by atoms with van der Waals surface area (Å²) in [5.41, 5.74) is 0.654. The summed E-state index contributed by atoms with van der Waals surface area (Å²) < 4.78 is 31.7. The highest BCUT2D eigenvalue weighted by atomic mass is 32.2. The smallest absolute Gasteiger partial charge is 0.260 e. The number of ether oxygens (including phenoxy) is 1. The Kier molecular flexibility index (Phi) is 7.06. The minimum atomic E-state index is -0.674.